The van der Waals surface area contributed by atoms with Crippen LogP contribution >= 0.6 is 0 Å². The molecule has 2 aromatic rings. The predicted molar refractivity (Wildman–Crippen MR) is 68.5 cm³/mol. The van der Waals surface area contributed by atoms with Crippen molar-refractivity contribution in [2.45, 2.75) is 6.92 Å². The van der Waals surface area contributed by atoms with Crippen molar-refractivity contribution in [3.05, 3.63) is 60.4 Å². The summed E-state index contributed by atoms with van der Waals surface area (Å²) in [6, 6.07) is 13.6. The van der Waals surface area contributed by atoms with Crippen molar-refractivity contribution < 1.29 is 4.74 Å². The molecule has 3 heteroatoms. The monoisotopic (exact) mass is 226 g/mol. The molecule has 17 heavy (non-hydrogen) atoms. The fourth-order valence-electron chi connectivity index (χ4n) is 1.43. The molecule has 0 unspecified atom stereocenters. The number of nitrogens with zero attached hydrogens (tertiary/aromatic N) is 2. The number of aliphatic imine (C=N–C) groups is 1. The molecule has 0 fully saturated rings. The van der Waals surface area contributed by atoms with E-state index in [1.165, 1.54) is 0 Å². The van der Waals surface area contributed by atoms with Gasteiger partial charge in [0.05, 0.1) is 18.5 Å². The van der Waals surface area contributed by atoms with Gasteiger partial charge in [0.2, 0.25) is 5.90 Å². The van der Waals surface area contributed by atoms with Gasteiger partial charge in [-0.2, -0.15) is 0 Å². The van der Waals surface area contributed by atoms with E-state index in [0.717, 1.165) is 11.3 Å². The molecule has 86 valence electrons. The van der Waals surface area contributed by atoms with Crippen molar-refractivity contribution in [3.8, 4) is 0 Å². The number of ether oxygens (including phenoxy) is 1. The highest BCUT2D eigenvalue weighted by molar-refractivity contribution is 5.95. The van der Waals surface area contributed by atoms with Crippen LogP contribution in [-0.4, -0.2) is 17.5 Å². The van der Waals surface area contributed by atoms with Crippen LogP contribution in [0.5, 0.6) is 0 Å². The first-order valence-electron chi connectivity index (χ1n) is 5.57. The molecule has 0 spiro atoms. The van der Waals surface area contributed by atoms with Gasteiger partial charge < -0.3 is 4.74 Å². The third-order valence-electron chi connectivity index (χ3n) is 2.18. The van der Waals surface area contributed by atoms with E-state index in [0.29, 0.717) is 12.5 Å². The summed E-state index contributed by atoms with van der Waals surface area (Å²) in [5.41, 5.74) is 1.76. The van der Waals surface area contributed by atoms with Crippen LogP contribution in [0.1, 0.15) is 12.5 Å². The Labute approximate surface area is 101 Å². The minimum Gasteiger partial charge on any atom is -0.478 e. The van der Waals surface area contributed by atoms with Crippen LogP contribution in [0.4, 0.5) is 5.69 Å². The van der Waals surface area contributed by atoms with Crippen molar-refractivity contribution in [1.82, 2.24) is 4.98 Å². The highest BCUT2D eigenvalue weighted by atomic mass is 16.5. The summed E-state index contributed by atoms with van der Waals surface area (Å²) in [6.07, 6.45) is 3.43. The lowest BCUT2D eigenvalue weighted by Crippen LogP contribution is -2.05. The van der Waals surface area contributed by atoms with E-state index >= 15 is 0 Å². The molecule has 0 bridgehead atoms. The van der Waals surface area contributed by atoms with E-state index in [4.69, 9.17) is 4.74 Å². The molecule has 0 atom stereocenters. The van der Waals surface area contributed by atoms with Crippen LogP contribution in [0.25, 0.3) is 0 Å². The second-order valence-electron chi connectivity index (χ2n) is 3.43. The first kappa shape index (κ1) is 11.3. The summed E-state index contributed by atoms with van der Waals surface area (Å²) in [7, 11) is 0. The lowest BCUT2D eigenvalue weighted by atomic mass is 10.2. The largest absolute Gasteiger partial charge is 0.478 e. The van der Waals surface area contributed by atoms with E-state index in [-0.39, 0.29) is 0 Å². The van der Waals surface area contributed by atoms with Crippen LogP contribution in [0.3, 0.4) is 0 Å². The number of benzene rings is 1. The lowest BCUT2D eigenvalue weighted by Gasteiger charge is -2.07. The topological polar surface area (TPSA) is 34.5 Å². The molecule has 1 aromatic heterocycles. The Hall–Kier alpha value is -2.16. The minimum absolute atomic E-state index is 0.591. The Morgan fingerprint density at radius 1 is 1.18 bits per heavy atom. The minimum atomic E-state index is 0.591. The van der Waals surface area contributed by atoms with Gasteiger partial charge in [0.1, 0.15) is 0 Å². The van der Waals surface area contributed by atoms with Crippen molar-refractivity contribution in [2.75, 3.05) is 6.61 Å². The molecule has 0 N–H and O–H groups in total. The van der Waals surface area contributed by atoms with E-state index in [9.17, 15) is 0 Å². The highest BCUT2D eigenvalue weighted by Gasteiger charge is 2.03. The fourth-order valence-corrected chi connectivity index (χ4v) is 1.43. The lowest BCUT2D eigenvalue weighted by molar-refractivity contribution is 0.329. The van der Waals surface area contributed by atoms with E-state index in [2.05, 4.69) is 9.98 Å². The molecule has 3 nitrogen and oxygen atoms in total. The Kier molecular flexibility index (Phi) is 3.86. The van der Waals surface area contributed by atoms with Crippen molar-refractivity contribution in [2.24, 2.45) is 4.99 Å². The SMILES string of the molecule is CCOC(=Nc1cccnc1)c1ccccc1. The Morgan fingerprint density at radius 2 is 2.00 bits per heavy atom. The predicted octanol–water partition coefficient (Wildman–Crippen LogP) is 3.20. The molecular formula is C14H14N2O. The molecule has 0 radical (unpaired) electrons. The molecular weight excluding hydrogens is 212 g/mol. The smallest absolute Gasteiger partial charge is 0.221 e. The first-order valence-corrected chi connectivity index (χ1v) is 5.57. The molecule has 1 heterocycles. The summed E-state index contributed by atoms with van der Waals surface area (Å²) in [5, 5.41) is 0. The van der Waals surface area contributed by atoms with Crippen LogP contribution in [0.2, 0.25) is 0 Å². The molecule has 0 saturated carbocycles. The maximum Gasteiger partial charge on any atom is 0.221 e. The van der Waals surface area contributed by atoms with Gasteiger partial charge in [0.15, 0.2) is 0 Å². The second-order valence-corrected chi connectivity index (χ2v) is 3.43. The molecule has 0 aliphatic carbocycles. The van der Waals surface area contributed by atoms with Gasteiger partial charge >= 0.3 is 0 Å². The van der Waals surface area contributed by atoms with Gasteiger partial charge in [-0.1, -0.05) is 18.2 Å². The number of rotatable bonds is 3. The zero-order valence-corrected chi connectivity index (χ0v) is 9.71. The van der Waals surface area contributed by atoms with E-state index in [1.807, 2.05) is 49.4 Å². The fraction of sp³-hybridized carbons (Fsp3) is 0.143. The average molecular weight is 226 g/mol. The average Bonchev–Trinajstić information content (AvgIpc) is 2.40. The Balaban J connectivity index is 2.33. The van der Waals surface area contributed by atoms with Crippen molar-refractivity contribution in [3.63, 3.8) is 0 Å². The third kappa shape index (κ3) is 3.14. The molecule has 0 aliphatic heterocycles. The zero-order chi connectivity index (χ0) is 11.9. The summed E-state index contributed by atoms with van der Waals surface area (Å²) >= 11 is 0. The number of hydrogen-bond donors (Lipinski definition) is 0. The van der Waals surface area contributed by atoms with Crippen LogP contribution < -0.4 is 0 Å². The highest BCUT2D eigenvalue weighted by Crippen LogP contribution is 2.12. The molecule has 1 aromatic carbocycles. The van der Waals surface area contributed by atoms with Gasteiger partial charge in [0, 0.05) is 11.8 Å². The van der Waals surface area contributed by atoms with Crippen LogP contribution in [0, 0.1) is 0 Å². The molecule has 0 amide bonds. The van der Waals surface area contributed by atoms with Gasteiger partial charge in [-0.15, -0.1) is 0 Å². The maximum atomic E-state index is 5.55. The Bertz CT molecular complexity index is 480. The quantitative estimate of drug-likeness (QED) is 0.595. The maximum absolute atomic E-state index is 5.55. The molecule has 0 aliphatic rings. The van der Waals surface area contributed by atoms with Crippen LogP contribution in [0.15, 0.2) is 59.9 Å². The standard InChI is InChI=1S/C14H14N2O/c1-2-17-14(12-7-4-3-5-8-12)16-13-9-6-10-15-11-13/h3-11H,2H2,1H3. The van der Waals surface area contributed by atoms with Gasteiger partial charge in [0.25, 0.3) is 0 Å². The summed E-state index contributed by atoms with van der Waals surface area (Å²) in [6.45, 7) is 2.54. The van der Waals surface area contributed by atoms with Gasteiger partial charge in [-0.05, 0) is 31.2 Å². The van der Waals surface area contributed by atoms with Crippen molar-refractivity contribution in [1.29, 1.82) is 0 Å². The first-order chi connectivity index (χ1) is 8.40. The summed E-state index contributed by atoms with van der Waals surface area (Å²) < 4.78 is 5.55. The molecule has 2 rings (SSSR count). The second kappa shape index (κ2) is 5.80. The zero-order valence-electron chi connectivity index (χ0n) is 9.71. The van der Waals surface area contributed by atoms with Crippen LogP contribution in [-0.2, 0) is 4.74 Å². The summed E-state index contributed by atoms with van der Waals surface area (Å²) in [5.74, 6) is 0.626. The summed E-state index contributed by atoms with van der Waals surface area (Å²) in [4.78, 5) is 8.48. The normalized spacial score (nSPS) is 11.2. The number of hydrogen-bond acceptors (Lipinski definition) is 3. The third-order valence-corrected chi connectivity index (χ3v) is 2.18. The van der Waals surface area contributed by atoms with E-state index in [1.54, 1.807) is 12.4 Å². The Morgan fingerprint density at radius 3 is 2.65 bits per heavy atom. The number of pyridine rings is 1. The van der Waals surface area contributed by atoms with Crippen molar-refractivity contribution >= 4 is 11.6 Å². The van der Waals surface area contributed by atoms with Gasteiger partial charge in [-0.3, -0.25) is 4.98 Å². The van der Waals surface area contributed by atoms with E-state index < -0.39 is 0 Å². The molecule has 0 saturated heterocycles. The van der Waals surface area contributed by atoms with Gasteiger partial charge in [-0.25, -0.2) is 4.99 Å². The number of aromatic nitrogens is 1.